The van der Waals surface area contributed by atoms with Gasteiger partial charge in [-0.15, -0.1) is 0 Å². The van der Waals surface area contributed by atoms with Crippen LogP contribution in [0.15, 0.2) is 47.4 Å². The number of anilines is 2. The van der Waals surface area contributed by atoms with E-state index in [0.29, 0.717) is 12.1 Å². The van der Waals surface area contributed by atoms with Crippen LogP contribution in [0, 0.1) is 6.92 Å². The van der Waals surface area contributed by atoms with Crippen LogP contribution in [0.25, 0.3) is 0 Å². The predicted molar refractivity (Wildman–Crippen MR) is 104 cm³/mol. The molecule has 0 atom stereocenters. The number of nitrogens with one attached hydrogen (secondary N) is 1. The number of carbonyl (C=O) groups excluding carboxylic acids is 1. The average molecular weight is 372 g/mol. The van der Waals surface area contributed by atoms with E-state index in [-0.39, 0.29) is 10.8 Å². The summed E-state index contributed by atoms with van der Waals surface area (Å²) in [5.74, 6) is 0.119. The normalized spacial score (nSPS) is 14.7. The zero-order valence-electron chi connectivity index (χ0n) is 15.2. The van der Waals surface area contributed by atoms with Crippen molar-refractivity contribution >= 4 is 27.3 Å². The minimum atomic E-state index is -3.63. The lowest BCUT2D eigenvalue weighted by Crippen LogP contribution is -2.24. The van der Waals surface area contributed by atoms with Crippen molar-refractivity contribution < 1.29 is 13.2 Å². The summed E-state index contributed by atoms with van der Waals surface area (Å²) >= 11 is 0. The average Bonchev–Trinajstić information content (AvgIpc) is 3.01. The quantitative estimate of drug-likeness (QED) is 0.837. The molecule has 0 aromatic heterocycles. The summed E-state index contributed by atoms with van der Waals surface area (Å²) in [6.45, 7) is 4.70. The smallest absolute Gasteiger partial charge is 0.261 e. The summed E-state index contributed by atoms with van der Waals surface area (Å²) in [7, 11) is -3.63. The number of hydrogen-bond acceptors (Lipinski definition) is 3. The molecule has 0 aliphatic carbocycles. The third-order valence-electron chi connectivity index (χ3n) is 4.59. The first kappa shape index (κ1) is 18.5. The Morgan fingerprint density at radius 1 is 1.12 bits per heavy atom. The van der Waals surface area contributed by atoms with E-state index in [4.69, 9.17) is 0 Å². The molecule has 0 saturated carbocycles. The minimum absolute atomic E-state index is 0.119. The molecule has 5 nitrogen and oxygen atoms in total. The molecule has 1 fully saturated rings. The summed E-state index contributed by atoms with van der Waals surface area (Å²) in [6.07, 6.45) is 3.39. The van der Waals surface area contributed by atoms with E-state index in [0.717, 1.165) is 42.6 Å². The second-order valence-corrected chi connectivity index (χ2v) is 8.33. The Morgan fingerprint density at radius 3 is 2.42 bits per heavy atom. The molecule has 6 heteroatoms. The van der Waals surface area contributed by atoms with Crippen LogP contribution in [0.4, 0.5) is 11.4 Å². The van der Waals surface area contributed by atoms with Gasteiger partial charge in [0.2, 0.25) is 5.91 Å². The number of nitrogens with zero attached hydrogens (tertiary/aromatic N) is 1. The van der Waals surface area contributed by atoms with Gasteiger partial charge in [-0.05, 0) is 61.2 Å². The van der Waals surface area contributed by atoms with Crippen LogP contribution in [0.3, 0.4) is 0 Å². The molecule has 1 heterocycles. The van der Waals surface area contributed by atoms with Gasteiger partial charge in [0.05, 0.1) is 4.90 Å². The Kier molecular flexibility index (Phi) is 5.32. The largest absolute Gasteiger partial charge is 0.312 e. The van der Waals surface area contributed by atoms with E-state index in [1.807, 2.05) is 19.1 Å². The van der Waals surface area contributed by atoms with Crippen LogP contribution >= 0.6 is 0 Å². The van der Waals surface area contributed by atoms with E-state index in [1.54, 1.807) is 35.2 Å². The van der Waals surface area contributed by atoms with Gasteiger partial charge in [0, 0.05) is 24.3 Å². The highest BCUT2D eigenvalue weighted by Crippen LogP contribution is 2.28. The van der Waals surface area contributed by atoms with Gasteiger partial charge < -0.3 is 4.90 Å². The molecular weight excluding hydrogens is 348 g/mol. The van der Waals surface area contributed by atoms with Crippen molar-refractivity contribution in [2.75, 3.05) is 16.2 Å². The van der Waals surface area contributed by atoms with Gasteiger partial charge in [0.1, 0.15) is 0 Å². The van der Waals surface area contributed by atoms with Gasteiger partial charge in [-0.2, -0.15) is 0 Å². The fraction of sp³-hybridized carbons (Fsp3) is 0.350. The van der Waals surface area contributed by atoms with Gasteiger partial charge in [-0.25, -0.2) is 8.42 Å². The van der Waals surface area contributed by atoms with E-state index < -0.39 is 10.0 Å². The van der Waals surface area contributed by atoms with Crippen molar-refractivity contribution in [1.29, 1.82) is 0 Å². The molecule has 2 aromatic carbocycles. The Balaban J connectivity index is 1.79. The molecule has 1 saturated heterocycles. The van der Waals surface area contributed by atoms with Crippen LogP contribution in [-0.4, -0.2) is 20.9 Å². The lowest BCUT2D eigenvalue weighted by Gasteiger charge is -2.19. The van der Waals surface area contributed by atoms with Gasteiger partial charge in [-0.3, -0.25) is 9.52 Å². The van der Waals surface area contributed by atoms with Crippen molar-refractivity contribution in [2.24, 2.45) is 0 Å². The number of rotatable bonds is 6. The van der Waals surface area contributed by atoms with Crippen molar-refractivity contribution in [3.05, 3.63) is 53.6 Å². The summed E-state index contributed by atoms with van der Waals surface area (Å²) in [6, 6.07) is 12.3. The van der Waals surface area contributed by atoms with Crippen molar-refractivity contribution in [3.8, 4) is 0 Å². The molecule has 1 aliphatic rings. The summed E-state index contributed by atoms with van der Waals surface area (Å²) in [5.41, 5.74) is 3.34. The van der Waals surface area contributed by atoms with Crippen LogP contribution in [0.1, 0.15) is 37.3 Å². The van der Waals surface area contributed by atoms with Crippen molar-refractivity contribution in [1.82, 2.24) is 0 Å². The van der Waals surface area contributed by atoms with E-state index in [2.05, 4.69) is 11.6 Å². The Labute approximate surface area is 155 Å². The molecule has 0 bridgehead atoms. The Morgan fingerprint density at radius 2 is 1.85 bits per heavy atom. The van der Waals surface area contributed by atoms with E-state index in [1.165, 1.54) is 0 Å². The third kappa shape index (κ3) is 3.90. The molecule has 0 radical (unpaired) electrons. The molecule has 2 aromatic rings. The zero-order chi connectivity index (χ0) is 18.7. The van der Waals surface area contributed by atoms with Gasteiger partial charge in [0.25, 0.3) is 10.0 Å². The summed E-state index contributed by atoms with van der Waals surface area (Å²) in [4.78, 5) is 13.9. The third-order valence-corrected chi connectivity index (χ3v) is 5.98. The molecule has 138 valence electrons. The Hall–Kier alpha value is -2.34. The maximum Gasteiger partial charge on any atom is 0.261 e. The molecule has 3 rings (SSSR count). The highest BCUT2D eigenvalue weighted by atomic mass is 32.2. The first-order valence-electron chi connectivity index (χ1n) is 8.93. The second-order valence-electron chi connectivity index (χ2n) is 6.65. The maximum absolute atomic E-state index is 12.6. The second kappa shape index (κ2) is 7.50. The number of carbonyl (C=O) groups is 1. The van der Waals surface area contributed by atoms with Crippen molar-refractivity contribution in [2.45, 2.75) is 44.4 Å². The molecular formula is C20H24N2O3S. The highest BCUT2D eigenvalue weighted by molar-refractivity contribution is 7.92. The van der Waals surface area contributed by atoms with Crippen molar-refractivity contribution in [3.63, 3.8) is 0 Å². The molecule has 0 spiro atoms. The number of sulfonamides is 1. The van der Waals surface area contributed by atoms with E-state index in [9.17, 15) is 13.2 Å². The summed E-state index contributed by atoms with van der Waals surface area (Å²) < 4.78 is 27.8. The van der Waals surface area contributed by atoms with Crippen LogP contribution in [0.2, 0.25) is 0 Å². The van der Waals surface area contributed by atoms with Crippen LogP contribution < -0.4 is 9.62 Å². The fourth-order valence-corrected chi connectivity index (χ4v) is 4.31. The number of benzene rings is 2. The highest BCUT2D eigenvalue weighted by Gasteiger charge is 2.23. The standard InChI is InChI=1S/C20H24N2O3S/c1-3-5-16-7-10-18(11-8-16)26(24,25)21-17-9-12-19(15(2)14-17)22-13-4-6-20(22)23/h7-12,14,21H,3-6,13H2,1-2H3. The molecule has 1 N–H and O–H groups in total. The molecule has 1 amide bonds. The molecule has 1 aliphatic heterocycles. The minimum Gasteiger partial charge on any atom is -0.312 e. The first-order chi connectivity index (χ1) is 12.4. The molecule has 26 heavy (non-hydrogen) atoms. The lowest BCUT2D eigenvalue weighted by atomic mass is 10.1. The fourth-order valence-electron chi connectivity index (χ4n) is 3.26. The van der Waals surface area contributed by atoms with Crippen LogP contribution in [-0.2, 0) is 21.2 Å². The molecule has 0 unspecified atom stereocenters. The lowest BCUT2D eigenvalue weighted by molar-refractivity contribution is -0.117. The maximum atomic E-state index is 12.6. The van der Waals surface area contributed by atoms with E-state index >= 15 is 0 Å². The number of hydrogen-bond donors (Lipinski definition) is 1. The summed E-state index contributed by atoms with van der Waals surface area (Å²) in [5, 5.41) is 0. The number of aryl methyl sites for hydroxylation is 2. The predicted octanol–water partition coefficient (Wildman–Crippen LogP) is 3.88. The van der Waals surface area contributed by atoms with Gasteiger partial charge in [0.15, 0.2) is 0 Å². The monoisotopic (exact) mass is 372 g/mol. The number of amides is 1. The Bertz CT molecular complexity index is 905. The van der Waals surface area contributed by atoms with Gasteiger partial charge >= 0.3 is 0 Å². The van der Waals surface area contributed by atoms with Gasteiger partial charge in [-0.1, -0.05) is 25.5 Å². The topological polar surface area (TPSA) is 66.5 Å². The SMILES string of the molecule is CCCc1ccc(S(=O)(=O)Nc2ccc(N3CCCC3=O)c(C)c2)cc1. The zero-order valence-corrected chi connectivity index (χ0v) is 16.0. The first-order valence-corrected chi connectivity index (χ1v) is 10.4. The van der Waals surface area contributed by atoms with Crippen LogP contribution in [0.5, 0.6) is 0 Å².